The number of rotatable bonds is 6. The van der Waals surface area contributed by atoms with Crippen molar-refractivity contribution in [3.05, 3.63) is 35.4 Å². The van der Waals surface area contributed by atoms with Crippen LogP contribution in [0.1, 0.15) is 27.1 Å². The third-order valence-corrected chi connectivity index (χ3v) is 2.42. The van der Waals surface area contributed by atoms with E-state index in [1.54, 1.807) is 12.1 Å². The Labute approximate surface area is 98.2 Å². The number of aldehydes is 1. The van der Waals surface area contributed by atoms with Gasteiger partial charge in [0.2, 0.25) is 0 Å². The number of carboxylic acids is 1. The molecular formula is C12H13NO4. The first kappa shape index (κ1) is 13.1. The van der Waals surface area contributed by atoms with Crippen molar-refractivity contribution in [3.63, 3.8) is 0 Å². The van der Waals surface area contributed by atoms with Gasteiger partial charge in [-0.3, -0.25) is 14.4 Å². The van der Waals surface area contributed by atoms with Crippen LogP contribution in [0.15, 0.2) is 24.3 Å². The fourth-order valence-electron chi connectivity index (χ4n) is 1.55. The predicted molar refractivity (Wildman–Crippen MR) is 61.0 cm³/mol. The van der Waals surface area contributed by atoms with Crippen LogP contribution in [-0.2, 0) is 4.79 Å². The molecule has 0 aromatic heterocycles. The van der Waals surface area contributed by atoms with E-state index in [1.807, 2.05) is 0 Å². The van der Waals surface area contributed by atoms with Crippen LogP contribution in [0.3, 0.4) is 0 Å². The third-order valence-electron chi connectivity index (χ3n) is 2.42. The fraction of sp³-hybridized carbons (Fsp3) is 0.250. The molecular weight excluding hydrogens is 222 g/mol. The van der Waals surface area contributed by atoms with Crippen LogP contribution in [0.5, 0.6) is 0 Å². The largest absolute Gasteiger partial charge is 0.481 e. The van der Waals surface area contributed by atoms with Crippen molar-refractivity contribution in [2.24, 2.45) is 11.7 Å². The second-order valence-corrected chi connectivity index (χ2v) is 3.54. The van der Waals surface area contributed by atoms with Crippen LogP contribution in [-0.4, -0.2) is 29.7 Å². The molecule has 0 aliphatic rings. The molecule has 0 unspecified atom stereocenters. The van der Waals surface area contributed by atoms with Crippen LogP contribution in [0.2, 0.25) is 0 Å². The highest BCUT2D eigenvalue weighted by Crippen LogP contribution is 2.15. The Hall–Kier alpha value is -2.01. The lowest BCUT2D eigenvalue weighted by Gasteiger charge is -2.11. The summed E-state index contributed by atoms with van der Waals surface area (Å²) in [4.78, 5) is 33.7. The van der Waals surface area contributed by atoms with Crippen LogP contribution < -0.4 is 5.73 Å². The minimum absolute atomic E-state index is 0.0569. The second kappa shape index (κ2) is 5.91. The molecule has 17 heavy (non-hydrogen) atoms. The predicted octanol–water partition coefficient (Wildman–Crippen LogP) is 0.731. The summed E-state index contributed by atoms with van der Waals surface area (Å²) >= 11 is 0. The smallest absolute Gasteiger partial charge is 0.314 e. The summed E-state index contributed by atoms with van der Waals surface area (Å²) in [6, 6.07) is 6.11. The van der Waals surface area contributed by atoms with Gasteiger partial charge in [-0.15, -0.1) is 0 Å². The van der Waals surface area contributed by atoms with E-state index in [0.717, 1.165) is 0 Å². The van der Waals surface area contributed by atoms with Gasteiger partial charge < -0.3 is 10.8 Å². The number of carbonyl (C=O) groups is 3. The van der Waals surface area contributed by atoms with Crippen LogP contribution >= 0.6 is 0 Å². The van der Waals surface area contributed by atoms with Gasteiger partial charge in [-0.2, -0.15) is 0 Å². The topological polar surface area (TPSA) is 97.5 Å². The standard InChI is InChI=1S/C12H13NO4/c13-6-5-10(12(16)17)11(15)9-4-2-1-3-8(9)7-14/h1-4,7,10H,5-6,13H2,(H,16,17)/t10-/m0/s1. The van der Waals surface area contributed by atoms with Gasteiger partial charge in [0, 0.05) is 11.1 Å². The van der Waals surface area contributed by atoms with Crippen LogP contribution in [0, 0.1) is 5.92 Å². The number of aliphatic carboxylic acids is 1. The highest BCUT2D eigenvalue weighted by Gasteiger charge is 2.27. The lowest BCUT2D eigenvalue weighted by Crippen LogP contribution is -2.27. The number of ketones is 1. The van der Waals surface area contributed by atoms with E-state index < -0.39 is 17.7 Å². The zero-order chi connectivity index (χ0) is 12.8. The molecule has 0 saturated heterocycles. The molecule has 5 heteroatoms. The number of Topliss-reactive ketones (excluding diaryl/α,β-unsaturated/α-hetero) is 1. The Morgan fingerprint density at radius 1 is 1.35 bits per heavy atom. The molecule has 90 valence electrons. The highest BCUT2D eigenvalue weighted by molar-refractivity contribution is 6.11. The minimum Gasteiger partial charge on any atom is -0.481 e. The number of hydrogen-bond donors (Lipinski definition) is 2. The molecule has 0 amide bonds. The summed E-state index contributed by atoms with van der Waals surface area (Å²) in [5.41, 5.74) is 5.59. The van der Waals surface area contributed by atoms with Crippen molar-refractivity contribution in [1.29, 1.82) is 0 Å². The highest BCUT2D eigenvalue weighted by atomic mass is 16.4. The van der Waals surface area contributed by atoms with Crippen molar-refractivity contribution >= 4 is 18.0 Å². The molecule has 0 radical (unpaired) electrons. The average Bonchev–Trinajstić information content (AvgIpc) is 2.34. The molecule has 0 bridgehead atoms. The van der Waals surface area contributed by atoms with E-state index in [4.69, 9.17) is 10.8 Å². The monoisotopic (exact) mass is 235 g/mol. The first-order valence-electron chi connectivity index (χ1n) is 5.13. The maximum Gasteiger partial charge on any atom is 0.314 e. The van der Waals surface area contributed by atoms with Crippen molar-refractivity contribution in [2.45, 2.75) is 6.42 Å². The normalized spacial score (nSPS) is 11.8. The Morgan fingerprint density at radius 3 is 2.53 bits per heavy atom. The van der Waals surface area contributed by atoms with E-state index >= 15 is 0 Å². The molecule has 0 fully saturated rings. The van der Waals surface area contributed by atoms with Crippen molar-refractivity contribution in [2.75, 3.05) is 6.54 Å². The van der Waals surface area contributed by atoms with Crippen LogP contribution in [0.4, 0.5) is 0 Å². The molecule has 5 nitrogen and oxygen atoms in total. The summed E-state index contributed by atoms with van der Waals surface area (Å²) in [6.45, 7) is 0.103. The molecule has 0 heterocycles. The van der Waals surface area contributed by atoms with Crippen molar-refractivity contribution in [1.82, 2.24) is 0 Å². The van der Waals surface area contributed by atoms with Gasteiger partial charge in [-0.1, -0.05) is 24.3 Å². The third kappa shape index (κ3) is 2.98. The first-order valence-corrected chi connectivity index (χ1v) is 5.13. The van der Waals surface area contributed by atoms with Gasteiger partial charge in [0.15, 0.2) is 12.1 Å². The van der Waals surface area contributed by atoms with E-state index in [2.05, 4.69) is 0 Å². The second-order valence-electron chi connectivity index (χ2n) is 3.54. The molecule has 1 atom stereocenters. The molecule has 0 saturated carbocycles. The van der Waals surface area contributed by atoms with Gasteiger partial charge in [-0.05, 0) is 13.0 Å². The van der Waals surface area contributed by atoms with Gasteiger partial charge in [0.25, 0.3) is 0 Å². The summed E-state index contributed by atoms with van der Waals surface area (Å²) in [5.74, 6) is -2.99. The summed E-state index contributed by atoms with van der Waals surface area (Å²) in [7, 11) is 0. The maximum absolute atomic E-state index is 12.0. The SMILES string of the molecule is NCC[C@H](C(=O)O)C(=O)c1ccccc1C=O. The molecule has 3 N–H and O–H groups in total. The zero-order valence-electron chi connectivity index (χ0n) is 9.13. The van der Waals surface area contributed by atoms with Crippen LogP contribution in [0.25, 0.3) is 0 Å². The van der Waals surface area contributed by atoms with Gasteiger partial charge in [-0.25, -0.2) is 0 Å². The summed E-state index contributed by atoms with van der Waals surface area (Å²) in [6.07, 6.45) is 0.593. The van der Waals surface area contributed by atoms with E-state index in [9.17, 15) is 14.4 Å². The molecule has 1 aromatic rings. The summed E-state index contributed by atoms with van der Waals surface area (Å²) in [5, 5.41) is 8.93. The molecule has 0 aliphatic heterocycles. The number of carboxylic acid groups (broad SMARTS) is 1. The number of nitrogens with two attached hydrogens (primary N) is 1. The lowest BCUT2D eigenvalue weighted by atomic mass is 9.92. The molecule has 0 spiro atoms. The molecule has 0 aliphatic carbocycles. The van der Waals surface area contributed by atoms with E-state index in [-0.39, 0.29) is 24.1 Å². The van der Waals surface area contributed by atoms with E-state index in [1.165, 1.54) is 12.1 Å². The maximum atomic E-state index is 12.0. The number of benzene rings is 1. The molecule has 1 rings (SSSR count). The average molecular weight is 235 g/mol. The molecule has 1 aromatic carbocycles. The first-order chi connectivity index (χ1) is 8.11. The fourth-order valence-corrected chi connectivity index (χ4v) is 1.55. The van der Waals surface area contributed by atoms with Crippen molar-refractivity contribution < 1.29 is 19.5 Å². The Balaban J connectivity index is 3.09. The van der Waals surface area contributed by atoms with Crippen molar-refractivity contribution in [3.8, 4) is 0 Å². The zero-order valence-corrected chi connectivity index (χ0v) is 9.13. The van der Waals surface area contributed by atoms with Gasteiger partial charge in [0.05, 0.1) is 0 Å². The lowest BCUT2D eigenvalue weighted by molar-refractivity contribution is -0.140. The summed E-state index contributed by atoms with van der Waals surface area (Å²) < 4.78 is 0. The number of hydrogen-bond acceptors (Lipinski definition) is 4. The Morgan fingerprint density at radius 2 is 2.00 bits per heavy atom. The Bertz CT molecular complexity index is 442. The van der Waals surface area contributed by atoms with Gasteiger partial charge >= 0.3 is 5.97 Å². The van der Waals surface area contributed by atoms with E-state index in [0.29, 0.717) is 6.29 Å². The van der Waals surface area contributed by atoms with Gasteiger partial charge in [0.1, 0.15) is 5.92 Å². The quantitative estimate of drug-likeness (QED) is 0.430. The number of carbonyl (C=O) groups excluding carboxylic acids is 2. The Kier molecular flexibility index (Phi) is 4.54. The minimum atomic E-state index is -1.22.